The van der Waals surface area contributed by atoms with E-state index in [1.165, 1.54) is 19.0 Å². The number of anilines is 5. The quantitative estimate of drug-likeness (QED) is 0.272. The molecule has 1 aliphatic rings. The topological polar surface area (TPSA) is 120 Å². The van der Waals surface area contributed by atoms with E-state index in [0.717, 1.165) is 30.8 Å². The molecule has 0 aliphatic carbocycles. The van der Waals surface area contributed by atoms with Gasteiger partial charge in [-0.15, -0.1) is 0 Å². The number of sulfone groups is 1. The van der Waals surface area contributed by atoms with Gasteiger partial charge in [0.1, 0.15) is 11.3 Å². The number of rotatable bonds is 10. The molecule has 12 heteroatoms. The number of nitrogens with zero attached hydrogens (tertiary/aromatic N) is 4. The van der Waals surface area contributed by atoms with Gasteiger partial charge in [-0.25, -0.2) is 13.4 Å². The van der Waals surface area contributed by atoms with Gasteiger partial charge in [0.15, 0.2) is 15.7 Å². The van der Waals surface area contributed by atoms with Gasteiger partial charge in [0.25, 0.3) is 0 Å². The van der Waals surface area contributed by atoms with E-state index in [1.807, 2.05) is 31.3 Å². The van der Waals surface area contributed by atoms with Crippen molar-refractivity contribution >= 4 is 56.6 Å². The van der Waals surface area contributed by atoms with E-state index < -0.39 is 15.1 Å². The minimum absolute atomic E-state index is 0.196. The lowest BCUT2D eigenvalue weighted by Gasteiger charge is -2.34. The second-order valence-electron chi connectivity index (χ2n) is 10.2. The van der Waals surface area contributed by atoms with E-state index in [9.17, 15) is 13.2 Å². The average molecular weight is 602 g/mol. The van der Waals surface area contributed by atoms with Gasteiger partial charge in [-0.05, 0) is 77.2 Å². The smallest absolute Gasteiger partial charge is 0.229 e. The van der Waals surface area contributed by atoms with Crippen molar-refractivity contribution in [1.82, 2.24) is 19.8 Å². The van der Waals surface area contributed by atoms with Crippen molar-refractivity contribution in [3.05, 3.63) is 59.8 Å². The highest BCUT2D eigenvalue weighted by molar-refractivity contribution is 7.92. The first-order valence-corrected chi connectivity index (χ1v) is 15.5. The molecule has 222 valence electrons. The lowest BCUT2D eigenvalue weighted by molar-refractivity contribution is -0.109. The first-order chi connectivity index (χ1) is 19.5. The van der Waals surface area contributed by atoms with Crippen LogP contribution in [0.5, 0.6) is 0 Å². The summed E-state index contributed by atoms with van der Waals surface area (Å²) in [5, 5.41) is 8.91. The fraction of sp³-hybridized carbons (Fsp3) is 0.414. The second-order valence-corrected chi connectivity index (χ2v) is 13.1. The molecule has 0 saturated carbocycles. The summed E-state index contributed by atoms with van der Waals surface area (Å²) in [7, 11) is 2.62. The Labute approximate surface area is 248 Å². The predicted molar refractivity (Wildman–Crippen MR) is 168 cm³/mol. The molecule has 3 N–H and O–H groups in total. The minimum Gasteiger partial charge on any atom is -0.388 e. The van der Waals surface area contributed by atoms with Crippen LogP contribution in [0.1, 0.15) is 26.7 Å². The van der Waals surface area contributed by atoms with Gasteiger partial charge in [-0.2, -0.15) is 4.98 Å². The molecule has 1 aromatic heterocycles. The molecule has 0 radical (unpaired) electrons. The van der Waals surface area contributed by atoms with Crippen molar-refractivity contribution in [2.75, 3.05) is 56.7 Å². The molecule has 1 aliphatic heterocycles. The SMILES string of the molecule is CN(C)C1CCN(CC=O)CC1.CNc1ccc(Nc2ncc(Cl)c(Nc3ccccc3S(=O)(=O)C(C)C)n2)cc1. The molecular formula is C29H40ClN7O3S. The number of halogens is 1. The highest BCUT2D eigenvalue weighted by atomic mass is 35.5. The molecule has 0 unspecified atom stereocenters. The fourth-order valence-corrected chi connectivity index (χ4v) is 5.63. The third-order valence-corrected chi connectivity index (χ3v) is 9.35. The predicted octanol–water partition coefficient (Wildman–Crippen LogP) is 5.05. The summed E-state index contributed by atoms with van der Waals surface area (Å²) in [5.41, 5.74) is 2.20. The van der Waals surface area contributed by atoms with Gasteiger partial charge < -0.3 is 25.6 Å². The van der Waals surface area contributed by atoms with Crippen molar-refractivity contribution in [3.63, 3.8) is 0 Å². The zero-order valence-electron chi connectivity index (χ0n) is 24.3. The molecule has 4 rings (SSSR count). The second kappa shape index (κ2) is 15.1. The van der Waals surface area contributed by atoms with Crippen LogP contribution in [-0.4, -0.2) is 86.5 Å². The third-order valence-electron chi connectivity index (χ3n) is 6.86. The number of piperidine rings is 1. The molecule has 3 aromatic rings. The molecule has 1 saturated heterocycles. The molecule has 0 bridgehead atoms. The number of hydrogen-bond donors (Lipinski definition) is 3. The number of nitrogens with one attached hydrogen (secondary N) is 3. The number of carbonyl (C=O) groups excluding carboxylic acids is 1. The van der Waals surface area contributed by atoms with E-state index in [0.29, 0.717) is 30.0 Å². The van der Waals surface area contributed by atoms with Gasteiger partial charge in [0.2, 0.25) is 5.95 Å². The molecule has 2 aromatic carbocycles. The highest BCUT2D eigenvalue weighted by Gasteiger charge is 2.23. The molecule has 0 amide bonds. The zero-order chi connectivity index (χ0) is 30.0. The van der Waals surface area contributed by atoms with Crippen LogP contribution in [-0.2, 0) is 14.6 Å². The molecule has 0 atom stereocenters. The Morgan fingerprint density at radius 1 is 1.05 bits per heavy atom. The molecule has 2 heterocycles. The van der Waals surface area contributed by atoms with Crippen LogP contribution in [0.25, 0.3) is 0 Å². The summed E-state index contributed by atoms with van der Waals surface area (Å²) in [5.74, 6) is 0.640. The van der Waals surface area contributed by atoms with Gasteiger partial charge in [0, 0.05) is 37.6 Å². The van der Waals surface area contributed by atoms with E-state index in [1.54, 1.807) is 38.1 Å². The maximum Gasteiger partial charge on any atom is 0.229 e. The van der Waals surface area contributed by atoms with Crippen molar-refractivity contribution in [2.24, 2.45) is 0 Å². The van der Waals surface area contributed by atoms with Crippen molar-refractivity contribution in [1.29, 1.82) is 0 Å². The summed E-state index contributed by atoms with van der Waals surface area (Å²) in [6, 6.07) is 15.0. The van der Waals surface area contributed by atoms with Crippen LogP contribution in [0.4, 0.5) is 28.8 Å². The number of para-hydroxylation sites is 1. The van der Waals surface area contributed by atoms with E-state index in [2.05, 4.69) is 49.8 Å². The number of benzene rings is 2. The summed E-state index contributed by atoms with van der Waals surface area (Å²) < 4.78 is 25.3. The van der Waals surface area contributed by atoms with Gasteiger partial charge in [0.05, 0.1) is 28.6 Å². The van der Waals surface area contributed by atoms with Crippen LogP contribution in [0.15, 0.2) is 59.6 Å². The number of likely N-dealkylation sites (tertiary alicyclic amines) is 1. The van der Waals surface area contributed by atoms with Gasteiger partial charge >= 0.3 is 0 Å². The lowest BCUT2D eigenvalue weighted by atomic mass is 10.0. The Morgan fingerprint density at radius 3 is 2.27 bits per heavy atom. The largest absolute Gasteiger partial charge is 0.388 e. The standard InChI is InChI=1S/C20H22ClN5O2S.C9H18N2O/c1-13(2)29(27,28)18-7-5-4-6-17(18)25-19-16(21)12-23-20(26-19)24-15-10-8-14(22-3)9-11-15;1-10(2)9-3-5-11(6-4-9)7-8-12/h4-13,22H,1-3H3,(H2,23,24,25,26);8-9H,3-7H2,1-2H3. The van der Waals surface area contributed by atoms with E-state index in [4.69, 9.17) is 11.6 Å². The van der Waals surface area contributed by atoms with E-state index in [-0.39, 0.29) is 9.92 Å². The lowest BCUT2D eigenvalue weighted by Crippen LogP contribution is -2.42. The molecule has 0 spiro atoms. The maximum atomic E-state index is 12.7. The van der Waals surface area contributed by atoms with Crippen LogP contribution >= 0.6 is 11.6 Å². The number of aromatic nitrogens is 2. The Kier molecular flexibility index (Phi) is 11.9. The fourth-order valence-electron chi connectivity index (χ4n) is 4.29. The van der Waals surface area contributed by atoms with Crippen LogP contribution in [0.3, 0.4) is 0 Å². The van der Waals surface area contributed by atoms with Crippen LogP contribution in [0.2, 0.25) is 5.02 Å². The van der Waals surface area contributed by atoms with E-state index >= 15 is 0 Å². The number of aldehydes is 1. The summed E-state index contributed by atoms with van der Waals surface area (Å²) >= 11 is 6.24. The monoisotopic (exact) mass is 601 g/mol. The molecular weight excluding hydrogens is 562 g/mol. The Hall–Kier alpha value is -3.25. The maximum absolute atomic E-state index is 12.7. The van der Waals surface area contributed by atoms with Gasteiger partial charge in [-0.3, -0.25) is 4.90 Å². The van der Waals surface area contributed by atoms with Crippen LogP contribution < -0.4 is 16.0 Å². The molecule has 10 nitrogen and oxygen atoms in total. The third kappa shape index (κ3) is 9.12. The Morgan fingerprint density at radius 2 is 1.68 bits per heavy atom. The summed E-state index contributed by atoms with van der Waals surface area (Å²) in [6.45, 7) is 6.04. The highest BCUT2D eigenvalue weighted by Crippen LogP contribution is 2.30. The first-order valence-electron chi connectivity index (χ1n) is 13.5. The Balaban J connectivity index is 0.000000322. The molecule has 41 heavy (non-hydrogen) atoms. The summed E-state index contributed by atoms with van der Waals surface area (Å²) in [6.07, 6.45) is 4.85. The van der Waals surface area contributed by atoms with Crippen LogP contribution in [0, 0.1) is 0 Å². The average Bonchev–Trinajstić information content (AvgIpc) is 2.96. The zero-order valence-corrected chi connectivity index (χ0v) is 25.8. The number of hydrogen-bond acceptors (Lipinski definition) is 10. The molecule has 1 fully saturated rings. The van der Waals surface area contributed by atoms with Crippen molar-refractivity contribution in [3.8, 4) is 0 Å². The normalized spacial score (nSPS) is 14.3. The first kappa shape index (κ1) is 32.3. The Bertz CT molecular complexity index is 1380. The minimum atomic E-state index is -3.48. The van der Waals surface area contributed by atoms with Crippen molar-refractivity contribution in [2.45, 2.75) is 42.9 Å². The van der Waals surface area contributed by atoms with Gasteiger partial charge in [-0.1, -0.05) is 23.7 Å². The summed E-state index contributed by atoms with van der Waals surface area (Å²) in [4.78, 5) is 23.5. The van der Waals surface area contributed by atoms with Crippen molar-refractivity contribution < 1.29 is 13.2 Å². The number of carbonyl (C=O) groups is 1.